The van der Waals surface area contributed by atoms with Crippen molar-refractivity contribution in [1.29, 1.82) is 5.26 Å². The predicted molar refractivity (Wildman–Crippen MR) is 124 cm³/mol. The number of hydrogen-bond donors (Lipinski definition) is 3. The van der Waals surface area contributed by atoms with Crippen molar-refractivity contribution >= 4 is 40.0 Å². The zero-order valence-electron chi connectivity index (χ0n) is 16.7. The van der Waals surface area contributed by atoms with Crippen molar-refractivity contribution in [3.8, 4) is 11.8 Å². The van der Waals surface area contributed by atoms with Gasteiger partial charge in [0.05, 0.1) is 10.4 Å². The number of halogens is 1. The van der Waals surface area contributed by atoms with Gasteiger partial charge in [0.25, 0.3) is 5.56 Å². The molecule has 0 saturated carbocycles. The van der Waals surface area contributed by atoms with E-state index in [1.807, 2.05) is 55.5 Å². The second-order valence-electron chi connectivity index (χ2n) is 6.51. The molecule has 156 valence electrons. The van der Waals surface area contributed by atoms with Crippen LogP contribution in [0, 0.1) is 11.3 Å². The molecule has 2 heterocycles. The minimum atomic E-state index is -0.0591. The fourth-order valence-electron chi connectivity index (χ4n) is 3.12. The van der Waals surface area contributed by atoms with E-state index in [9.17, 15) is 4.79 Å². The largest absolute Gasteiger partial charge is 0.382 e. The topological polar surface area (TPSA) is 150 Å². The van der Waals surface area contributed by atoms with Gasteiger partial charge >= 0.3 is 0 Å². The van der Waals surface area contributed by atoms with Gasteiger partial charge in [-0.15, -0.1) is 0 Å². The molecule has 8 nitrogen and oxygen atoms in total. The molecule has 0 fully saturated rings. The molecular weight excluding hydrogens is 414 g/mol. The Morgan fingerprint density at radius 1 is 1.03 bits per heavy atom. The molecule has 2 aromatic carbocycles. The van der Waals surface area contributed by atoms with E-state index in [-0.39, 0.29) is 28.7 Å². The number of fused-ring (bicyclic) bond motifs is 1. The first-order valence-corrected chi connectivity index (χ1v) is 9.72. The van der Waals surface area contributed by atoms with E-state index in [2.05, 4.69) is 9.97 Å². The second kappa shape index (κ2) is 9.15. The highest BCUT2D eigenvalue weighted by atomic mass is 35.5. The summed E-state index contributed by atoms with van der Waals surface area (Å²) < 4.78 is 1.74. The number of aromatic nitrogens is 3. The van der Waals surface area contributed by atoms with E-state index in [0.29, 0.717) is 10.4 Å². The molecule has 0 aliphatic rings. The number of anilines is 3. The van der Waals surface area contributed by atoms with Crippen LogP contribution in [0.2, 0.25) is 5.02 Å². The van der Waals surface area contributed by atoms with E-state index >= 15 is 0 Å². The minimum absolute atomic E-state index is 0.0116. The van der Waals surface area contributed by atoms with Crippen molar-refractivity contribution in [3.63, 3.8) is 0 Å². The highest BCUT2D eigenvalue weighted by Crippen LogP contribution is 2.22. The number of aryl methyl sites for hydroxylation is 1. The molecule has 0 bridgehead atoms. The van der Waals surface area contributed by atoms with Gasteiger partial charge in [-0.1, -0.05) is 48.9 Å². The summed E-state index contributed by atoms with van der Waals surface area (Å²) in [6.07, 6.45) is 0.784. The molecule has 9 heteroatoms. The Bertz CT molecular complexity index is 1320. The summed E-state index contributed by atoms with van der Waals surface area (Å²) in [6.45, 7) is 2.05. The lowest BCUT2D eigenvalue weighted by molar-refractivity contribution is 0.889. The fraction of sp³-hybridized carbons (Fsp3) is 0.0909. The van der Waals surface area contributed by atoms with Crippen LogP contribution in [0.5, 0.6) is 0 Å². The number of nitrogens with zero attached hydrogens (tertiary/aromatic N) is 4. The van der Waals surface area contributed by atoms with E-state index in [4.69, 9.17) is 34.1 Å². The summed E-state index contributed by atoms with van der Waals surface area (Å²) in [6, 6.07) is 19.0. The molecule has 0 amide bonds. The number of nitrogen functional groups attached to an aromatic ring is 3. The summed E-state index contributed by atoms with van der Waals surface area (Å²) in [5, 5.41) is 10.4. The summed E-state index contributed by atoms with van der Waals surface area (Å²) in [5.74, 6) is -0.00556. The van der Waals surface area contributed by atoms with Gasteiger partial charge in [-0.05, 0) is 36.1 Å². The summed E-state index contributed by atoms with van der Waals surface area (Å²) >= 11 is 6.20. The average Bonchev–Trinajstić information content (AvgIpc) is 2.74. The quantitative estimate of drug-likeness (QED) is 0.438. The van der Waals surface area contributed by atoms with Gasteiger partial charge < -0.3 is 17.2 Å². The molecule has 0 aliphatic carbocycles. The Morgan fingerprint density at radius 2 is 1.68 bits per heavy atom. The van der Waals surface area contributed by atoms with Crippen LogP contribution in [0.4, 0.5) is 17.6 Å². The molecule has 2 aromatic heterocycles. The van der Waals surface area contributed by atoms with Crippen LogP contribution in [0.3, 0.4) is 0 Å². The number of nitriles is 1. The standard InChI is InChI=1S/C17H14ClNO.C5H6N6/c1-2-13-11-12-7-6-10-15(18)16(12)17(20)19(13)14-8-4-3-5-9-14;6-1-2-3(7)10-5(9)11-4(2)8/h3-11H,2H2,1H3;(H6,7,8,9,10,11). The second-order valence-corrected chi connectivity index (χ2v) is 6.92. The average molecular weight is 434 g/mol. The molecule has 4 aromatic rings. The zero-order valence-corrected chi connectivity index (χ0v) is 17.5. The van der Waals surface area contributed by atoms with Crippen LogP contribution in [-0.4, -0.2) is 14.5 Å². The van der Waals surface area contributed by atoms with Gasteiger partial charge in [0.15, 0.2) is 0 Å². The molecule has 4 rings (SSSR count). The molecule has 0 saturated heterocycles. The first-order chi connectivity index (χ1) is 14.9. The highest BCUT2D eigenvalue weighted by Gasteiger charge is 2.12. The number of para-hydroxylation sites is 1. The number of hydrogen-bond acceptors (Lipinski definition) is 7. The first kappa shape index (κ1) is 21.6. The lowest BCUT2D eigenvalue weighted by Gasteiger charge is -2.14. The fourth-order valence-corrected chi connectivity index (χ4v) is 3.39. The number of benzene rings is 2. The van der Waals surface area contributed by atoms with E-state index in [1.165, 1.54) is 0 Å². The van der Waals surface area contributed by atoms with Gasteiger partial charge in [-0.2, -0.15) is 15.2 Å². The van der Waals surface area contributed by atoms with Crippen molar-refractivity contribution in [2.75, 3.05) is 17.2 Å². The SMILES string of the molecule is CCc1cc2cccc(Cl)c2c(=O)n1-c1ccccc1.N#Cc1c(N)nc(N)nc1N. The van der Waals surface area contributed by atoms with Crippen molar-refractivity contribution in [3.05, 3.63) is 81.2 Å². The Balaban J connectivity index is 0.000000210. The number of rotatable bonds is 2. The molecule has 0 unspecified atom stereocenters. The molecular formula is C22H20ClN7O. The third-order valence-electron chi connectivity index (χ3n) is 4.54. The van der Waals surface area contributed by atoms with Crippen LogP contribution in [0.1, 0.15) is 18.2 Å². The van der Waals surface area contributed by atoms with Crippen molar-refractivity contribution < 1.29 is 0 Å². The Morgan fingerprint density at radius 3 is 2.26 bits per heavy atom. The third kappa shape index (κ3) is 4.42. The Kier molecular flexibility index (Phi) is 6.38. The summed E-state index contributed by atoms with van der Waals surface area (Å²) in [4.78, 5) is 19.9. The normalized spacial score (nSPS) is 10.2. The minimum Gasteiger partial charge on any atom is -0.382 e. The maximum absolute atomic E-state index is 12.8. The summed E-state index contributed by atoms with van der Waals surface area (Å²) in [7, 11) is 0. The summed E-state index contributed by atoms with van der Waals surface area (Å²) in [5.41, 5.74) is 17.7. The van der Waals surface area contributed by atoms with Crippen LogP contribution in [0.15, 0.2) is 59.4 Å². The first-order valence-electron chi connectivity index (χ1n) is 9.34. The van der Waals surface area contributed by atoms with Gasteiger partial charge in [-0.3, -0.25) is 9.36 Å². The third-order valence-corrected chi connectivity index (χ3v) is 4.86. The van der Waals surface area contributed by atoms with Crippen LogP contribution < -0.4 is 22.8 Å². The molecule has 0 radical (unpaired) electrons. The van der Waals surface area contributed by atoms with Crippen molar-refractivity contribution in [2.24, 2.45) is 0 Å². The molecule has 31 heavy (non-hydrogen) atoms. The highest BCUT2D eigenvalue weighted by molar-refractivity contribution is 6.35. The van der Waals surface area contributed by atoms with Crippen LogP contribution in [-0.2, 0) is 6.42 Å². The monoisotopic (exact) mass is 433 g/mol. The lowest BCUT2D eigenvalue weighted by Crippen LogP contribution is -2.22. The van der Waals surface area contributed by atoms with Gasteiger partial charge in [0.2, 0.25) is 5.95 Å². The van der Waals surface area contributed by atoms with Crippen molar-refractivity contribution in [2.45, 2.75) is 13.3 Å². The molecule has 6 N–H and O–H groups in total. The van der Waals surface area contributed by atoms with Crippen LogP contribution >= 0.6 is 11.6 Å². The van der Waals surface area contributed by atoms with Gasteiger partial charge in [-0.25, -0.2) is 0 Å². The molecule has 0 spiro atoms. The molecule has 0 atom stereocenters. The Labute approximate surface area is 183 Å². The van der Waals surface area contributed by atoms with Crippen molar-refractivity contribution in [1.82, 2.24) is 14.5 Å². The lowest BCUT2D eigenvalue weighted by atomic mass is 10.1. The van der Waals surface area contributed by atoms with E-state index in [0.717, 1.165) is 23.2 Å². The predicted octanol–water partition coefficient (Wildman–Crippen LogP) is 3.30. The number of nitrogens with two attached hydrogens (primary N) is 3. The van der Waals surface area contributed by atoms with E-state index in [1.54, 1.807) is 16.7 Å². The van der Waals surface area contributed by atoms with Crippen LogP contribution in [0.25, 0.3) is 16.5 Å². The maximum atomic E-state index is 12.8. The van der Waals surface area contributed by atoms with Gasteiger partial charge in [0.1, 0.15) is 23.3 Å². The van der Waals surface area contributed by atoms with Gasteiger partial charge in [0, 0.05) is 11.4 Å². The zero-order chi connectivity index (χ0) is 22.5. The Hall–Kier alpha value is -4.09. The molecule has 0 aliphatic heterocycles. The smallest absolute Gasteiger partial charge is 0.264 e. The van der Waals surface area contributed by atoms with E-state index < -0.39 is 0 Å². The number of pyridine rings is 1. The maximum Gasteiger partial charge on any atom is 0.264 e.